The van der Waals surface area contributed by atoms with E-state index < -0.39 is 0 Å². The highest BCUT2D eigenvalue weighted by molar-refractivity contribution is 5.89. The standard InChI is InChI=1S/C18H19NO3/c1-13-8-16(13)12-22-18(20)15-5-2-6-17(9-15)21-11-14-4-3-7-19-10-14/h2-7,9-10,13,16H,8,11-12H2,1H3. The molecule has 4 heteroatoms. The van der Waals surface area contributed by atoms with E-state index in [-0.39, 0.29) is 5.97 Å². The first kappa shape index (κ1) is 14.6. The second-order valence-electron chi connectivity index (χ2n) is 5.75. The Kier molecular flexibility index (Phi) is 4.37. The van der Waals surface area contributed by atoms with E-state index in [9.17, 15) is 4.79 Å². The number of benzene rings is 1. The minimum absolute atomic E-state index is 0.286. The number of esters is 1. The molecule has 2 aromatic rings. The predicted molar refractivity (Wildman–Crippen MR) is 82.6 cm³/mol. The van der Waals surface area contributed by atoms with Crippen molar-refractivity contribution in [2.75, 3.05) is 6.61 Å². The zero-order valence-corrected chi connectivity index (χ0v) is 12.6. The number of carbonyl (C=O) groups is 1. The van der Waals surface area contributed by atoms with Crippen molar-refractivity contribution in [2.24, 2.45) is 11.8 Å². The lowest BCUT2D eigenvalue weighted by Crippen LogP contribution is -2.08. The van der Waals surface area contributed by atoms with Crippen molar-refractivity contribution in [2.45, 2.75) is 20.0 Å². The maximum atomic E-state index is 12.0. The fraction of sp³-hybridized carbons (Fsp3) is 0.333. The van der Waals surface area contributed by atoms with Gasteiger partial charge in [-0.15, -0.1) is 0 Å². The summed E-state index contributed by atoms with van der Waals surface area (Å²) in [5, 5.41) is 0. The van der Waals surface area contributed by atoms with E-state index in [0.717, 1.165) is 12.0 Å². The van der Waals surface area contributed by atoms with Crippen LogP contribution in [-0.4, -0.2) is 17.6 Å². The van der Waals surface area contributed by atoms with Crippen molar-refractivity contribution in [3.05, 3.63) is 59.9 Å². The molecule has 0 spiro atoms. The molecule has 0 N–H and O–H groups in total. The first-order valence-corrected chi connectivity index (χ1v) is 7.51. The number of pyridine rings is 1. The smallest absolute Gasteiger partial charge is 0.338 e. The van der Waals surface area contributed by atoms with E-state index in [1.54, 1.807) is 30.6 Å². The van der Waals surface area contributed by atoms with Gasteiger partial charge in [-0.3, -0.25) is 4.98 Å². The van der Waals surface area contributed by atoms with Crippen molar-refractivity contribution >= 4 is 5.97 Å². The molecule has 4 nitrogen and oxygen atoms in total. The van der Waals surface area contributed by atoms with E-state index in [1.165, 1.54) is 0 Å². The van der Waals surface area contributed by atoms with Crippen LogP contribution in [0.4, 0.5) is 0 Å². The van der Waals surface area contributed by atoms with Gasteiger partial charge in [-0.2, -0.15) is 0 Å². The first-order chi connectivity index (χ1) is 10.7. The van der Waals surface area contributed by atoms with Crippen molar-refractivity contribution in [3.8, 4) is 5.75 Å². The van der Waals surface area contributed by atoms with Crippen LogP contribution >= 0.6 is 0 Å². The Morgan fingerprint density at radius 2 is 2.18 bits per heavy atom. The molecule has 3 rings (SSSR count). The SMILES string of the molecule is CC1CC1COC(=O)c1cccc(OCc2cccnc2)c1. The van der Waals surface area contributed by atoms with Gasteiger partial charge in [0.05, 0.1) is 12.2 Å². The molecule has 0 radical (unpaired) electrons. The number of hydrogen-bond acceptors (Lipinski definition) is 4. The van der Waals surface area contributed by atoms with Gasteiger partial charge in [0.15, 0.2) is 0 Å². The molecule has 1 fully saturated rings. The molecule has 0 amide bonds. The highest BCUT2D eigenvalue weighted by atomic mass is 16.5. The van der Waals surface area contributed by atoms with Gasteiger partial charge in [0.2, 0.25) is 0 Å². The number of ether oxygens (including phenoxy) is 2. The van der Waals surface area contributed by atoms with Crippen LogP contribution in [0.1, 0.15) is 29.3 Å². The van der Waals surface area contributed by atoms with Gasteiger partial charge in [0.25, 0.3) is 0 Å². The maximum Gasteiger partial charge on any atom is 0.338 e. The Labute approximate surface area is 130 Å². The Bertz CT molecular complexity index is 642. The van der Waals surface area contributed by atoms with Crippen molar-refractivity contribution in [1.82, 2.24) is 4.98 Å². The van der Waals surface area contributed by atoms with Crippen molar-refractivity contribution < 1.29 is 14.3 Å². The van der Waals surface area contributed by atoms with E-state index in [2.05, 4.69) is 11.9 Å². The number of carbonyl (C=O) groups excluding carboxylic acids is 1. The summed E-state index contributed by atoms with van der Waals surface area (Å²) in [7, 11) is 0. The second-order valence-corrected chi connectivity index (χ2v) is 5.75. The van der Waals surface area contributed by atoms with Gasteiger partial charge < -0.3 is 9.47 Å². The van der Waals surface area contributed by atoms with Crippen LogP contribution in [0.3, 0.4) is 0 Å². The predicted octanol–water partition coefficient (Wildman–Crippen LogP) is 3.47. The summed E-state index contributed by atoms with van der Waals surface area (Å²) in [4.78, 5) is 16.1. The van der Waals surface area contributed by atoms with Gasteiger partial charge in [-0.25, -0.2) is 4.79 Å². The average Bonchev–Trinajstić information content (AvgIpc) is 3.27. The third-order valence-corrected chi connectivity index (χ3v) is 3.90. The molecule has 0 bridgehead atoms. The molecule has 0 saturated heterocycles. The summed E-state index contributed by atoms with van der Waals surface area (Å²) in [5.41, 5.74) is 1.51. The molecule has 1 aromatic carbocycles. The Morgan fingerprint density at radius 3 is 2.91 bits per heavy atom. The zero-order valence-electron chi connectivity index (χ0n) is 12.6. The van der Waals surface area contributed by atoms with Crippen LogP contribution in [0, 0.1) is 11.8 Å². The lowest BCUT2D eigenvalue weighted by molar-refractivity contribution is 0.0481. The topological polar surface area (TPSA) is 48.4 Å². The van der Waals surface area contributed by atoms with Crippen molar-refractivity contribution in [3.63, 3.8) is 0 Å². The minimum atomic E-state index is -0.286. The van der Waals surface area contributed by atoms with E-state index in [4.69, 9.17) is 9.47 Å². The van der Waals surface area contributed by atoms with E-state index in [0.29, 0.717) is 36.4 Å². The molecule has 22 heavy (non-hydrogen) atoms. The highest BCUT2D eigenvalue weighted by Gasteiger charge is 2.33. The summed E-state index contributed by atoms with van der Waals surface area (Å²) in [6.45, 7) is 3.11. The number of aromatic nitrogens is 1. The van der Waals surface area contributed by atoms with Crippen LogP contribution in [-0.2, 0) is 11.3 Å². The van der Waals surface area contributed by atoms with Gasteiger partial charge in [0, 0.05) is 18.0 Å². The van der Waals surface area contributed by atoms with E-state index in [1.807, 2.05) is 18.2 Å². The lowest BCUT2D eigenvalue weighted by atomic mass is 10.2. The van der Waals surface area contributed by atoms with Gasteiger partial charge >= 0.3 is 5.97 Å². The average molecular weight is 297 g/mol. The Morgan fingerprint density at radius 1 is 1.32 bits per heavy atom. The summed E-state index contributed by atoms with van der Waals surface area (Å²) in [5.74, 6) is 1.58. The molecule has 114 valence electrons. The third kappa shape index (κ3) is 3.85. The Hall–Kier alpha value is -2.36. The van der Waals surface area contributed by atoms with Gasteiger partial charge in [0.1, 0.15) is 12.4 Å². The number of hydrogen-bond donors (Lipinski definition) is 0. The summed E-state index contributed by atoms with van der Waals surface area (Å²) < 4.78 is 11.0. The van der Waals surface area contributed by atoms with Gasteiger partial charge in [-0.1, -0.05) is 19.1 Å². The van der Waals surface area contributed by atoms with Gasteiger partial charge in [-0.05, 0) is 42.5 Å². The monoisotopic (exact) mass is 297 g/mol. The summed E-state index contributed by atoms with van der Waals surface area (Å²) >= 11 is 0. The van der Waals surface area contributed by atoms with Crippen LogP contribution < -0.4 is 4.74 Å². The fourth-order valence-corrected chi connectivity index (χ4v) is 2.26. The lowest BCUT2D eigenvalue weighted by Gasteiger charge is -2.08. The molecule has 1 aliphatic carbocycles. The fourth-order valence-electron chi connectivity index (χ4n) is 2.26. The quantitative estimate of drug-likeness (QED) is 0.766. The molecule has 0 aliphatic heterocycles. The molecule has 1 aliphatic rings. The van der Waals surface area contributed by atoms with Crippen molar-refractivity contribution in [1.29, 1.82) is 0 Å². The normalized spacial score (nSPS) is 19.5. The number of nitrogens with zero attached hydrogens (tertiary/aromatic N) is 1. The maximum absolute atomic E-state index is 12.0. The zero-order chi connectivity index (χ0) is 15.4. The number of rotatable bonds is 6. The summed E-state index contributed by atoms with van der Waals surface area (Å²) in [6, 6.07) is 10.9. The van der Waals surface area contributed by atoms with Crippen LogP contribution in [0.5, 0.6) is 5.75 Å². The Balaban J connectivity index is 1.56. The van der Waals surface area contributed by atoms with Crippen LogP contribution in [0.2, 0.25) is 0 Å². The molecule has 2 atom stereocenters. The molecule has 1 aromatic heterocycles. The third-order valence-electron chi connectivity index (χ3n) is 3.90. The highest BCUT2D eigenvalue weighted by Crippen LogP contribution is 2.37. The molecule has 2 unspecified atom stereocenters. The largest absolute Gasteiger partial charge is 0.489 e. The summed E-state index contributed by atoms with van der Waals surface area (Å²) in [6.07, 6.45) is 4.64. The molecule has 1 saturated carbocycles. The molecule has 1 heterocycles. The second kappa shape index (κ2) is 6.60. The molecular formula is C18H19NO3. The minimum Gasteiger partial charge on any atom is -0.489 e. The van der Waals surface area contributed by atoms with E-state index >= 15 is 0 Å². The van der Waals surface area contributed by atoms with Crippen LogP contribution in [0.15, 0.2) is 48.8 Å². The molecular weight excluding hydrogens is 278 g/mol. The van der Waals surface area contributed by atoms with Crippen LogP contribution in [0.25, 0.3) is 0 Å². The first-order valence-electron chi connectivity index (χ1n) is 7.51.